The van der Waals surface area contributed by atoms with Crippen LogP contribution in [0, 0.1) is 0 Å². The van der Waals surface area contributed by atoms with Gasteiger partial charge in [0.1, 0.15) is 0 Å². The maximum absolute atomic E-state index is 12.2. The van der Waals surface area contributed by atoms with E-state index in [0.717, 1.165) is 15.0 Å². The summed E-state index contributed by atoms with van der Waals surface area (Å²) in [7, 11) is 0. The van der Waals surface area contributed by atoms with Gasteiger partial charge in [0.25, 0.3) is 0 Å². The first-order valence-electron chi connectivity index (χ1n) is 7.31. The van der Waals surface area contributed by atoms with Gasteiger partial charge in [-0.3, -0.25) is 4.79 Å². The van der Waals surface area contributed by atoms with Crippen LogP contribution in [-0.4, -0.2) is 27.8 Å². The summed E-state index contributed by atoms with van der Waals surface area (Å²) < 4.78 is 0.815. The van der Waals surface area contributed by atoms with Crippen LogP contribution in [0.5, 0.6) is 0 Å². The van der Waals surface area contributed by atoms with Gasteiger partial charge in [0.2, 0.25) is 5.13 Å². The Morgan fingerprint density at radius 1 is 1.18 bits per heavy atom. The summed E-state index contributed by atoms with van der Waals surface area (Å²) in [5.41, 5.74) is 2.00. The van der Waals surface area contributed by atoms with Crippen LogP contribution in [0.4, 0.5) is 5.13 Å². The smallest absolute Gasteiger partial charge is 0.206 e. The zero-order valence-electron chi connectivity index (χ0n) is 13.3. The van der Waals surface area contributed by atoms with E-state index < -0.39 is 0 Å². The van der Waals surface area contributed by atoms with Gasteiger partial charge in [0, 0.05) is 11.6 Å². The largest absolute Gasteiger partial charge is 0.358 e. The molecular formula is C16H21N3OS2. The van der Waals surface area contributed by atoms with Crippen molar-refractivity contribution in [3.8, 4) is 0 Å². The van der Waals surface area contributed by atoms with Gasteiger partial charge in [-0.2, -0.15) is 0 Å². The fraction of sp³-hybridized carbons (Fsp3) is 0.438. The summed E-state index contributed by atoms with van der Waals surface area (Å²) in [5.74, 6) is 0.984. The maximum atomic E-state index is 12.2. The molecule has 0 radical (unpaired) electrons. The zero-order chi connectivity index (χ0) is 16.1. The predicted octanol–water partition coefficient (Wildman–Crippen LogP) is 4.46. The van der Waals surface area contributed by atoms with E-state index in [-0.39, 0.29) is 5.78 Å². The minimum atomic E-state index is 0.119. The van der Waals surface area contributed by atoms with Crippen molar-refractivity contribution in [3.63, 3.8) is 0 Å². The van der Waals surface area contributed by atoms with Gasteiger partial charge >= 0.3 is 0 Å². The standard InChI is InChI=1S/C16H21N3OS2/c1-10(2)12-5-7-13(8-6-12)14(20)9-21-16-19-18-15(22-16)17-11(3)4/h5-8,10-11H,9H2,1-4H3,(H,17,18). The first-order valence-corrected chi connectivity index (χ1v) is 9.12. The number of Topliss-reactive ketones (excluding diaryl/α,β-unsaturated/α-hetero) is 1. The van der Waals surface area contributed by atoms with E-state index in [1.165, 1.54) is 28.7 Å². The number of thioether (sulfide) groups is 1. The number of hydrogen-bond donors (Lipinski definition) is 1. The molecule has 0 fully saturated rings. The van der Waals surface area contributed by atoms with Crippen molar-refractivity contribution in [1.29, 1.82) is 0 Å². The van der Waals surface area contributed by atoms with Gasteiger partial charge in [-0.25, -0.2) is 0 Å². The molecule has 0 aliphatic carbocycles. The third-order valence-corrected chi connectivity index (χ3v) is 5.03. The highest BCUT2D eigenvalue weighted by atomic mass is 32.2. The van der Waals surface area contributed by atoms with Gasteiger partial charge < -0.3 is 5.32 Å². The fourth-order valence-corrected chi connectivity index (χ4v) is 3.63. The number of benzene rings is 1. The lowest BCUT2D eigenvalue weighted by Crippen LogP contribution is -2.08. The van der Waals surface area contributed by atoms with Crippen LogP contribution in [-0.2, 0) is 0 Å². The van der Waals surface area contributed by atoms with E-state index in [9.17, 15) is 4.79 Å². The molecule has 0 aliphatic heterocycles. The van der Waals surface area contributed by atoms with E-state index in [0.29, 0.717) is 17.7 Å². The topological polar surface area (TPSA) is 54.9 Å². The molecule has 0 aliphatic rings. The van der Waals surface area contributed by atoms with Gasteiger partial charge in [-0.15, -0.1) is 10.2 Å². The summed E-state index contributed by atoms with van der Waals surface area (Å²) >= 11 is 2.92. The number of anilines is 1. The number of carbonyl (C=O) groups excluding carboxylic acids is 1. The summed E-state index contributed by atoms with van der Waals surface area (Å²) in [6.07, 6.45) is 0. The second-order valence-corrected chi connectivity index (χ2v) is 7.86. The third-order valence-electron chi connectivity index (χ3n) is 3.04. The minimum Gasteiger partial charge on any atom is -0.358 e. The lowest BCUT2D eigenvalue weighted by molar-refractivity contribution is 0.102. The second kappa shape index (κ2) is 7.74. The van der Waals surface area contributed by atoms with Gasteiger partial charge in [0.15, 0.2) is 10.1 Å². The highest BCUT2D eigenvalue weighted by Gasteiger charge is 2.11. The molecule has 1 aromatic carbocycles. The van der Waals surface area contributed by atoms with Crippen LogP contribution in [0.15, 0.2) is 28.6 Å². The lowest BCUT2D eigenvalue weighted by Gasteiger charge is -2.06. The summed E-state index contributed by atoms with van der Waals surface area (Å²) in [4.78, 5) is 12.2. The minimum absolute atomic E-state index is 0.119. The molecule has 118 valence electrons. The molecule has 0 unspecified atom stereocenters. The van der Waals surface area contributed by atoms with Crippen LogP contribution in [0.3, 0.4) is 0 Å². The molecule has 0 amide bonds. The average molecular weight is 335 g/mol. The van der Waals surface area contributed by atoms with E-state index in [1.54, 1.807) is 0 Å². The number of nitrogens with zero attached hydrogens (tertiary/aromatic N) is 2. The Bertz CT molecular complexity index is 621. The molecule has 1 heterocycles. The van der Waals surface area contributed by atoms with Crippen LogP contribution in [0.2, 0.25) is 0 Å². The van der Waals surface area contributed by atoms with E-state index in [1.807, 2.05) is 24.3 Å². The van der Waals surface area contributed by atoms with E-state index >= 15 is 0 Å². The number of aromatic nitrogens is 2. The second-order valence-electron chi connectivity index (χ2n) is 5.66. The first-order chi connectivity index (χ1) is 10.5. The monoisotopic (exact) mass is 335 g/mol. The molecule has 2 rings (SSSR count). The van der Waals surface area contributed by atoms with E-state index in [2.05, 4.69) is 43.2 Å². The van der Waals surface area contributed by atoms with Gasteiger partial charge in [-0.05, 0) is 25.3 Å². The Hall–Kier alpha value is -1.40. The molecule has 22 heavy (non-hydrogen) atoms. The van der Waals surface area contributed by atoms with Crippen molar-refractivity contribution in [2.45, 2.75) is 44.0 Å². The summed E-state index contributed by atoms with van der Waals surface area (Å²) in [6.45, 7) is 8.40. The fourth-order valence-electron chi connectivity index (χ4n) is 1.84. The highest BCUT2D eigenvalue weighted by Crippen LogP contribution is 2.26. The number of nitrogens with one attached hydrogen (secondary N) is 1. The molecule has 0 bridgehead atoms. The Balaban J connectivity index is 1.90. The SMILES string of the molecule is CC(C)Nc1nnc(SCC(=O)c2ccc(C(C)C)cc2)s1. The molecule has 1 aromatic heterocycles. The van der Waals surface area contributed by atoms with Crippen molar-refractivity contribution in [3.05, 3.63) is 35.4 Å². The number of rotatable bonds is 7. The van der Waals surface area contributed by atoms with Crippen molar-refractivity contribution >= 4 is 34.0 Å². The molecule has 0 saturated heterocycles. The Morgan fingerprint density at radius 3 is 2.45 bits per heavy atom. The average Bonchev–Trinajstić information content (AvgIpc) is 2.91. The summed E-state index contributed by atoms with van der Waals surface area (Å²) in [5, 5.41) is 12.2. The number of carbonyl (C=O) groups is 1. The van der Waals surface area contributed by atoms with Crippen LogP contribution in [0.25, 0.3) is 0 Å². The van der Waals surface area contributed by atoms with Crippen molar-refractivity contribution < 1.29 is 4.79 Å². The first kappa shape index (κ1) is 17.0. The lowest BCUT2D eigenvalue weighted by atomic mass is 10.0. The summed E-state index contributed by atoms with van der Waals surface area (Å²) in [6, 6.07) is 8.19. The third kappa shape index (κ3) is 4.81. The Kier molecular flexibility index (Phi) is 5.97. The van der Waals surface area contributed by atoms with Crippen molar-refractivity contribution in [1.82, 2.24) is 10.2 Å². The number of hydrogen-bond acceptors (Lipinski definition) is 6. The maximum Gasteiger partial charge on any atom is 0.206 e. The molecule has 0 saturated carbocycles. The van der Waals surface area contributed by atoms with E-state index in [4.69, 9.17) is 0 Å². The van der Waals surface area contributed by atoms with Gasteiger partial charge in [-0.1, -0.05) is 61.2 Å². The number of ketones is 1. The van der Waals surface area contributed by atoms with Crippen LogP contribution in [0.1, 0.15) is 49.5 Å². The molecule has 1 N–H and O–H groups in total. The highest BCUT2D eigenvalue weighted by molar-refractivity contribution is 8.01. The zero-order valence-corrected chi connectivity index (χ0v) is 14.9. The predicted molar refractivity (Wildman–Crippen MR) is 94.3 cm³/mol. The normalized spacial score (nSPS) is 11.2. The molecule has 4 nitrogen and oxygen atoms in total. The van der Waals surface area contributed by atoms with Crippen molar-refractivity contribution in [2.24, 2.45) is 0 Å². The Labute approximate surface area is 139 Å². The quantitative estimate of drug-likeness (QED) is 0.598. The van der Waals surface area contributed by atoms with Crippen LogP contribution >= 0.6 is 23.1 Å². The van der Waals surface area contributed by atoms with Gasteiger partial charge in [0.05, 0.1) is 5.75 Å². The molecule has 6 heteroatoms. The molecule has 0 spiro atoms. The van der Waals surface area contributed by atoms with Crippen molar-refractivity contribution in [2.75, 3.05) is 11.1 Å². The molecular weight excluding hydrogens is 314 g/mol. The molecule has 0 atom stereocenters. The molecule has 2 aromatic rings. The van der Waals surface area contributed by atoms with Crippen LogP contribution < -0.4 is 5.32 Å². The Morgan fingerprint density at radius 2 is 1.86 bits per heavy atom.